The number of anilines is 1. The molecule has 1 aromatic rings. The van der Waals surface area contributed by atoms with E-state index in [0.717, 1.165) is 6.07 Å². The number of amides is 1. The molecule has 0 spiro atoms. The van der Waals surface area contributed by atoms with Crippen LogP contribution in [0.25, 0.3) is 0 Å². The molecule has 1 heterocycles. The zero-order valence-electron chi connectivity index (χ0n) is 15.8. The lowest BCUT2D eigenvalue weighted by atomic mass is 10.2. The smallest absolute Gasteiger partial charge is 0.282 e. The number of hydrogen-bond donors (Lipinski definition) is 1. The molecule has 0 saturated carbocycles. The van der Waals surface area contributed by atoms with Crippen molar-refractivity contribution in [2.45, 2.75) is 26.8 Å². The van der Waals surface area contributed by atoms with Crippen LogP contribution >= 0.6 is 11.6 Å². The summed E-state index contributed by atoms with van der Waals surface area (Å²) < 4.78 is 41.1. The predicted octanol–water partition coefficient (Wildman–Crippen LogP) is 2.01. The fourth-order valence-corrected chi connectivity index (χ4v) is 4.85. The molecule has 0 aromatic heterocycles. The molecule has 1 aliphatic rings. The Bertz CT molecular complexity index is 765. The summed E-state index contributed by atoms with van der Waals surface area (Å²) in [5, 5.41) is 2.82. The SMILES string of the molecule is CCN(CC)S(=O)(=O)N1CCN([C@@H](C)C(=O)Nc2ccc(F)cc2Cl)CC1. The van der Waals surface area contributed by atoms with Crippen molar-refractivity contribution in [3.63, 3.8) is 0 Å². The van der Waals surface area contributed by atoms with Crippen LogP contribution in [0.1, 0.15) is 20.8 Å². The molecule has 0 aliphatic carbocycles. The maximum atomic E-state index is 13.1. The van der Waals surface area contributed by atoms with E-state index in [4.69, 9.17) is 11.6 Å². The first-order valence-electron chi connectivity index (χ1n) is 8.95. The van der Waals surface area contributed by atoms with Gasteiger partial charge in [-0.1, -0.05) is 25.4 Å². The molecule has 1 N–H and O–H groups in total. The summed E-state index contributed by atoms with van der Waals surface area (Å²) >= 11 is 5.94. The van der Waals surface area contributed by atoms with Crippen molar-refractivity contribution >= 4 is 33.4 Å². The van der Waals surface area contributed by atoms with Crippen LogP contribution in [-0.4, -0.2) is 73.1 Å². The number of rotatable bonds is 7. The van der Waals surface area contributed by atoms with Crippen LogP contribution in [0.5, 0.6) is 0 Å². The summed E-state index contributed by atoms with van der Waals surface area (Å²) in [4.78, 5) is 14.4. The second-order valence-electron chi connectivity index (χ2n) is 6.32. The quantitative estimate of drug-likeness (QED) is 0.732. The predicted molar refractivity (Wildman–Crippen MR) is 104 cm³/mol. The van der Waals surface area contributed by atoms with E-state index >= 15 is 0 Å². The van der Waals surface area contributed by atoms with Gasteiger partial charge < -0.3 is 5.32 Å². The number of carbonyl (C=O) groups excluding carboxylic acids is 1. The lowest BCUT2D eigenvalue weighted by Crippen LogP contribution is -2.56. The molecule has 1 aromatic carbocycles. The highest BCUT2D eigenvalue weighted by atomic mass is 35.5. The summed E-state index contributed by atoms with van der Waals surface area (Å²) in [5.74, 6) is -0.750. The van der Waals surface area contributed by atoms with Gasteiger partial charge in [0.1, 0.15) is 5.82 Å². The Morgan fingerprint density at radius 1 is 1.26 bits per heavy atom. The van der Waals surface area contributed by atoms with Crippen molar-refractivity contribution in [1.82, 2.24) is 13.5 Å². The number of piperazine rings is 1. The van der Waals surface area contributed by atoms with Gasteiger partial charge in [0.15, 0.2) is 0 Å². The van der Waals surface area contributed by atoms with E-state index < -0.39 is 22.1 Å². The Labute approximate surface area is 165 Å². The maximum absolute atomic E-state index is 13.1. The van der Waals surface area contributed by atoms with E-state index in [0.29, 0.717) is 45.0 Å². The minimum absolute atomic E-state index is 0.130. The molecule has 2 rings (SSSR count). The van der Waals surface area contributed by atoms with E-state index in [2.05, 4.69) is 5.32 Å². The Kier molecular flexibility index (Phi) is 7.58. The van der Waals surface area contributed by atoms with Crippen molar-refractivity contribution in [2.24, 2.45) is 0 Å². The summed E-state index contributed by atoms with van der Waals surface area (Å²) in [6, 6.07) is 3.31. The van der Waals surface area contributed by atoms with Gasteiger partial charge in [0, 0.05) is 39.3 Å². The van der Waals surface area contributed by atoms with Crippen LogP contribution in [0, 0.1) is 5.82 Å². The third kappa shape index (κ3) is 5.17. The fraction of sp³-hybridized carbons (Fsp3) is 0.588. The standard InChI is InChI=1S/C17H26ClFN4O3S/c1-4-22(5-2)27(25,26)23-10-8-21(9-11-23)13(3)17(24)20-16-7-6-14(19)12-15(16)18/h6-7,12-13H,4-5,8-11H2,1-3H3,(H,20,24)/t13-/m0/s1. The zero-order chi connectivity index (χ0) is 20.2. The van der Waals surface area contributed by atoms with Gasteiger partial charge in [-0.2, -0.15) is 17.0 Å². The summed E-state index contributed by atoms with van der Waals surface area (Å²) in [6.45, 7) is 7.78. The van der Waals surface area contributed by atoms with Gasteiger partial charge in [-0.15, -0.1) is 0 Å². The van der Waals surface area contributed by atoms with Gasteiger partial charge >= 0.3 is 0 Å². The topological polar surface area (TPSA) is 73.0 Å². The second-order valence-corrected chi connectivity index (χ2v) is 8.65. The largest absolute Gasteiger partial charge is 0.323 e. The molecule has 7 nitrogen and oxygen atoms in total. The van der Waals surface area contributed by atoms with Gasteiger partial charge in [0.05, 0.1) is 16.8 Å². The monoisotopic (exact) mass is 420 g/mol. The third-order valence-corrected chi connectivity index (χ3v) is 7.25. The highest BCUT2D eigenvalue weighted by Gasteiger charge is 2.33. The Hall–Kier alpha value is -1.26. The van der Waals surface area contributed by atoms with Gasteiger partial charge in [-0.3, -0.25) is 9.69 Å². The summed E-state index contributed by atoms with van der Waals surface area (Å²) in [5.41, 5.74) is 0.345. The number of hydrogen-bond acceptors (Lipinski definition) is 4. The summed E-state index contributed by atoms with van der Waals surface area (Å²) in [7, 11) is -3.47. The van der Waals surface area contributed by atoms with E-state index in [1.807, 2.05) is 18.7 Å². The number of nitrogens with one attached hydrogen (secondary N) is 1. The molecule has 10 heteroatoms. The minimum Gasteiger partial charge on any atom is -0.323 e. The molecule has 1 atom stereocenters. The lowest BCUT2D eigenvalue weighted by molar-refractivity contribution is -0.121. The normalized spacial score (nSPS) is 17.9. The van der Waals surface area contributed by atoms with E-state index in [1.165, 1.54) is 20.7 Å². The molecule has 1 fully saturated rings. The highest BCUT2D eigenvalue weighted by molar-refractivity contribution is 7.86. The number of nitrogens with zero attached hydrogens (tertiary/aromatic N) is 3. The molecule has 0 radical (unpaired) electrons. The lowest BCUT2D eigenvalue weighted by Gasteiger charge is -2.38. The molecule has 152 valence electrons. The van der Waals surface area contributed by atoms with Crippen LogP contribution in [0.4, 0.5) is 10.1 Å². The first kappa shape index (κ1) is 22.0. The zero-order valence-corrected chi connectivity index (χ0v) is 17.4. The number of carbonyl (C=O) groups is 1. The fourth-order valence-electron chi connectivity index (χ4n) is 3.03. The Morgan fingerprint density at radius 3 is 2.37 bits per heavy atom. The highest BCUT2D eigenvalue weighted by Crippen LogP contribution is 2.23. The van der Waals surface area contributed by atoms with Crippen LogP contribution in [0.3, 0.4) is 0 Å². The van der Waals surface area contributed by atoms with Gasteiger partial charge in [0.25, 0.3) is 10.2 Å². The van der Waals surface area contributed by atoms with E-state index in [9.17, 15) is 17.6 Å². The van der Waals surface area contributed by atoms with Crippen LogP contribution in [0.2, 0.25) is 5.02 Å². The van der Waals surface area contributed by atoms with Crippen molar-refractivity contribution in [2.75, 3.05) is 44.6 Å². The van der Waals surface area contributed by atoms with Crippen molar-refractivity contribution in [3.05, 3.63) is 29.0 Å². The van der Waals surface area contributed by atoms with Crippen LogP contribution in [0.15, 0.2) is 18.2 Å². The summed E-state index contributed by atoms with van der Waals surface area (Å²) in [6.07, 6.45) is 0. The molecule has 1 amide bonds. The molecule has 27 heavy (non-hydrogen) atoms. The maximum Gasteiger partial charge on any atom is 0.282 e. The van der Waals surface area contributed by atoms with Crippen molar-refractivity contribution in [3.8, 4) is 0 Å². The molecule has 1 saturated heterocycles. The van der Waals surface area contributed by atoms with Gasteiger partial charge in [-0.25, -0.2) is 4.39 Å². The Balaban J connectivity index is 1.96. The van der Waals surface area contributed by atoms with Crippen LogP contribution in [-0.2, 0) is 15.0 Å². The average molecular weight is 421 g/mol. The van der Waals surface area contributed by atoms with Gasteiger partial charge in [0.2, 0.25) is 5.91 Å². The Morgan fingerprint density at radius 2 is 1.85 bits per heavy atom. The van der Waals surface area contributed by atoms with Crippen molar-refractivity contribution in [1.29, 1.82) is 0 Å². The number of benzene rings is 1. The molecule has 0 bridgehead atoms. The third-order valence-electron chi connectivity index (χ3n) is 4.75. The molecule has 1 aliphatic heterocycles. The van der Waals surface area contributed by atoms with Gasteiger partial charge in [-0.05, 0) is 25.1 Å². The van der Waals surface area contributed by atoms with E-state index in [1.54, 1.807) is 6.92 Å². The van der Waals surface area contributed by atoms with Crippen LogP contribution < -0.4 is 5.32 Å². The minimum atomic E-state index is -3.47. The molecular formula is C17H26ClFN4O3S. The van der Waals surface area contributed by atoms with Crippen molar-refractivity contribution < 1.29 is 17.6 Å². The molecular weight excluding hydrogens is 395 g/mol. The second kappa shape index (κ2) is 9.29. The molecule has 0 unspecified atom stereocenters. The first-order chi connectivity index (χ1) is 12.7. The number of halogens is 2. The van der Waals surface area contributed by atoms with E-state index in [-0.39, 0.29) is 10.9 Å². The average Bonchev–Trinajstić information content (AvgIpc) is 2.64. The first-order valence-corrected chi connectivity index (χ1v) is 10.7.